The summed E-state index contributed by atoms with van der Waals surface area (Å²) in [6, 6.07) is 14.2. The lowest BCUT2D eigenvalue weighted by Crippen LogP contribution is -2.12. The third-order valence-electron chi connectivity index (χ3n) is 5.12. The predicted octanol–water partition coefficient (Wildman–Crippen LogP) is 4.18. The summed E-state index contributed by atoms with van der Waals surface area (Å²) in [5, 5.41) is 3.84. The zero-order valence-corrected chi connectivity index (χ0v) is 17.6. The Morgan fingerprint density at radius 1 is 0.941 bits per heavy atom. The number of amides is 1. The van der Waals surface area contributed by atoms with Crippen LogP contribution in [0.5, 0.6) is 0 Å². The van der Waals surface area contributed by atoms with Crippen molar-refractivity contribution in [1.29, 1.82) is 0 Å². The van der Waals surface area contributed by atoms with E-state index in [4.69, 9.17) is 5.73 Å². The molecule has 0 unspecified atom stereocenters. The first-order valence-corrected chi connectivity index (χ1v) is 10.1. The molecule has 0 aliphatic carbocycles. The molecule has 1 amide bonds. The van der Waals surface area contributed by atoms with E-state index in [1.54, 1.807) is 30.3 Å². The number of aromatic nitrogens is 3. The number of benzene rings is 2. The number of carbonyl (C=O) groups is 2. The number of hydrogen-bond donors (Lipinski definition) is 2. The fourth-order valence-corrected chi connectivity index (χ4v) is 3.48. The van der Waals surface area contributed by atoms with Crippen LogP contribution in [0.15, 0.2) is 67.1 Å². The Labute approximate surface area is 191 Å². The first-order chi connectivity index (χ1) is 16.2. The molecule has 2 heterocycles. The van der Waals surface area contributed by atoms with Gasteiger partial charge in [-0.2, -0.15) is 13.2 Å². The highest BCUT2D eigenvalue weighted by Crippen LogP contribution is 2.27. The summed E-state index contributed by atoms with van der Waals surface area (Å²) in [6.45, 7) is 0.372. The minimum absolute atomic E-state index is 0.0132. The molecular formula is C24H18F3N5O2. The summed E-state index contributed by atoms with van der Waals surface area (Å²) in [5.74, 6) is -0.409. The molecule has 10 heteroatoms. The Morgan fingerprint density at radius 2 is 1.71 bits per heavy atom. The van der Waals surface area contributed by atoms with Gasteiger partial charge in [0.15, 0.2) is 5.78 Å². The number of rotatable bonds is 7. The summed E-state index contributed by atoms with van der Waals surface area (Å²) in [6.07, 6.45) is -2.26. The number of halogens is 3. The maximum atomic E-state index is 12.7. The number of alkyl halides is 3. The van der Waals surface area contributed by atoms with Crippen molar-refractivity contribution in [2.75, 3.05) is 5.32 Å². The molecule has 2 aromatic heterocycles. The van der Waals surface area contributed by atoms with Crippen LogP contribution in [0.3, 0.4) is 0 Å². The van der Waals surface area contributed by atoms with E-state index < -0.39 is 17.8 Å². The van der Waals surface area contributed by atoms with Crippen molar-refractivity contribution in [2.24, 2.45) is 5.73 Å². The van der Waals surface area contributed by atoms with Crippen molar-refractivity contribution < 1.29 is 22.8 Å². The molecule has 0 saturated heterocycles. The highest BCUT2D eigenvalue weighted by atomic mass is 19.4. The maximum absolute atomic E-state index is 12.7. The number of nitrogens with zero attached hydrogens (tertiary/aromatic N) is 3. The summed E-state index contributed by atoms with van der Waals surface area (Å²) < 4.78 is 38.0. The number of carbonyl (C=O) groups excluding carboxylic acids is 2. The van der Waals surface area contributed by atoms with Crippen molar-refractivity contribution in [2.45, 2.75) is 19.1 Å². The minimum atomic E-state index is -4.56. The van der Waals surface area contributed by atoms with Crippen LogP contribution in [0.25, 0.3) is 10.9 Å². The normalized spacial score (nSPS) is 11.4. The van der Waals surface area contributed by atoms with E-state index in [1.807, 2.05) is 12.1 Å². The molecule has 0 bridgehead atoms. The number of pyridine rings is 1. The second-order valence-corrected chi connectivity index (χ2v) is 7.49. The Kier molecular flexibility index (Phi) is 6.22. The van der Waals surface area contributed by atoms with Crippen LogP contribution in [0.2, 0.25) is 0 Å². The molecule has 0 saturated carbocycles. The third-order valence-corrected chi connectivity index (χ3v) is 5.12. The molecule has 0 spiro atoms. The van der Waals surface area contributed by atoms with Gasteiger partial charge in [-0.25, -0.2) is 9.97 Å². The SMILES string of the molecule is NC(=O)c1cccc2c(NCc3cccc(CC(=O)c4ccc(C(F)(F)F)nc4)c3)ncnc12. The van der Waals surface area contributed by atoms with Crippen LogP contribution in [-0.4, -0.2) is 26.6 Å². The molecule has 4 aromatic rings. The molecule has 7 nitrogen and oxygen atoms in total. The average molecular weight is 465 g/mol. The van der Waals surface area contributed by atoms with E-state index in [2.05, 4.69) is 20.3 Å². The predicted molar refractivity (Wildman–Crippen MR) is 119 cm³/mol. The number of fused-ring (bicyclic) bond motifs is 1. The van der Waals surface area contributed by atoms with Crippen LogP contribution in [0.1, 0.15) is 37.5 Å². The van der Waals surface area contributed by atoms with Gasteiger partial charge in [-0.3, -0.25) is 14.6 Å². The topological polar surface area (TPSA) is 111 Å². The molecular weight excluding hydrogens is 447 g/mol. The van der Waals surface area contributed by atoms with Gasteiger partial charge in [0.25, 0.3) is 5.91 Å². The van der Waals surface area contributed by atoms with E-state index in [0.29, 0.717) is 34.4 Å². The monoisotopic (exact) mass is 465 g/mol. The molecule has 4 rings (SSSR count). The Morgan fingerprint density at radius 3 is 2.41 bits per heavy atom. The van der Waals surface area contributed by atoms with E-state index in [1.165, 1.54) is 6.33 Å². The number of anilines is 1. The van der Waals surface area contributed by atoms with Crippen molar-refractivity contribution in [3.05, 3.63) is 95.1 Å². The average Bonchev–Trinajstić information content (AvgIpc) is 2.82. The molecule has 0 atom stereocenters. The van der Waals surface area contributed by atoms with Gasteiger partial charge in [-0.1, -0.05) is 30.3 Å². The third kappa shape index (κ3) is 5.01. The largest absolute Gasteiger partial charge is 0.433 e. The summed E-state index contributed by atoms with van der Waals surface area (Å²) in [7, 11) is 0. The van der Waals surface area contributed by atoms with Gasteiger partial charge in [0.05, 0.1) is 11.1 Å². The van der Waals surface area contributed by atoms with E-state index >= 15 is 0 Å². The lowest BCUT2D eigenvalue weighted by molar-refractivity contribution is -0.141. The van der Waals surface area contributed by atoms with Crippen LogP contribution in [0.4, 0.5) is 19.0 Å². The molecule has 0 aliphatic rings. The highest BCUT2D eigenvalue weighted by molar-refractivity contribution is 6.06. The van der Waals surface area contributed by atoms with E-state index in [0.717, 1.165) is 23.9 Å². The molecule has 0 fully saturated rings. The summed E-state index contributed by atoms with van der Waals surface area (Å²) in [4.78, 5) is 35.9. The van der Waals surface area contributed by atoms with Gasteiger partial charge in [0, 0.05) is 30.1 Å². The van der Waals surface area contributed by atoms with Crippen LogP contribution in [-0.2, 0) is 19.1 Å². The Bertz CT molecular complexity index is 1370. The first-order valence-electron chi connectivity index (χ1n) is 10.1. The molecule has 0 radical (unpaired) electrons. The lowest BCUT2D eigenvalue weighted by Gasteiger charge is -2.11. The summed E-state index contributed by atoms with van der Waals surface area (Å²) in [5.41, 5.74) is 6.77. The molecule has 2 aromatic carbocycles. The lowest BCUT2D eigenvalue weighted by atomic mass is 10.0. The van der Waals surface area contributed by atoms with Gasteiger partial charge in [-0.15, -0.1) is 0 Å². The van der Waals surface area contributed by atoms with Gasteiger partial charge in [-0.05, 0) is 35.4 Å². The van der Waals surface area contributed by atoms with Crippen LogP contribution >= 0.6 is 0 Å². The standard InChI is InChI=1S/C24H18F3N5O2/c25-24(26,27)20-8-7-16(12-29-20)19(33)10-14-3-1-4-15(9-14)11-30-23-18-6-2-5-17(22(28)34)21(18)31-13-32-23/h1-9,12-13H,10-11H2,(H2,28,34)(H,30,31,32). The Balaban J connectivity index is 1.47. The van der Waals surface area contributed by atoms with Gasteiger partial charge < -0.3 is 11.1 Å². The summed E-state index contributed by atoms with van der Waals surface area (Å²) >= 11 is 0. The van der Waals surface area contributed by atoms with Gasteiger partial charge in [0.2, 0.25) is 0 Å². The molecule has 172 valence electrons. The zero-order valence-electron chi connectivity index (χ0n) is 17.6. The fraction of sp³-hybridized carbons (Fsp3) is 0.125. The second-order valence-electron chi connectivity index (χ2n) is 7.49. The smallest absolute Gasteiger partial charge is 0.366 e. The number of primary amides is 1. The molecule has 0 aliphatic heterocycles. The minimum Gasteiger partial charge on any atom is -0.366 e. The first kappa shape index (κ1) is 22.8. The van der Waals surface area contributed by atoms with Crippen LogP contribution in [0, 0.1) is 0 Å². The fourth-order valence-electron chi connectivity index (χ4n) is 3.48. The Hall–Kier alpha value is -4.34. The second kappa shape index (κ2) is 9.26. The van der Waals surface area contributed by atoms with Crippen molar-refractivity contribution in [1.82, 2.24) is 15.0 Å². The molecule has 3 N–H and O–H groups in total. The van der Waals surface area contributed by atoms with Crippen LogP contribution < -0.4 is 11.1 Å². The number of nitrogens with one attached hydrogen (secondary N) is 1. The quantitative estimate of drug-likeness (QED) is 0.396. The zero-order chi connectivity index (χ0) is 24.3. The van der Waals surface area contributed by atoms with Crippen molar-refractivity contribution in [3.8, 4) is 0 Å². The number of nitrogens with two attached hydrogens (primary N) is 1. The van der Waals surface area contributed by atoms with E-state index in [9.17, 15) is 22.8 Å². The number of para-hydroxylation sites is 1. The van der Waals surface area contributed by atoms with Crippen molar-refractivity contribution in [3.63, 3.8) is 0 Å². The van der Waals surface area contributed by atoms with Gasteiger partial charge in [0.1, 0.15) is 17.8 Å². The van der Waals surface area contributed by atoms with Gasteiger partial charge >= 0.3 is 6.18 Å². The van der Waals surface area contributed by atoms with E-state index in [-0.39, 0.29) is 17.8 Å². The number of ketones is 1. The maximum Gasteiger partial charge on any atom is 0.433 e. The molecule has 34 heavy (non-hydrogen) atoms. The van der Waals surface area contributed by atoms with Crippen molar-refractivity contribution >= 4 is 28.4 Å². The number of Topliss-reactive ketones (excluding diaryl/α,β-unsaturated/α-hetero) is 1. The highest BCUT2D eigenvalue weighted by Gasteiger charge is 2.32. The number of hydrogen-bond acceptors (Lipinski definition) is 6.